The molecule has 0 aromatic heterocycles. The third kappa shape index (κ3) is 3.98. The van der Waals surface area contributed by atoms with E-state index in [0.29, 0.717) is 0 Å². The fourth-order valence-corrected chi connectivity index (χ4v) is 2.13. The molecule has 0 spiro atoms. The van der Waals surface area contributed by atoms with Gasteiger partial charge in [0.15, 0.2) is 0 Å². The molecule has 1 aromatic rings. The molecular weight excluding hydrogens is 242 g/mol. The molecule has 19 heavy (non-hydrogen) atoms. The summed E-state index contributed by atoms with van der Waals surface area (Å²) in [5.74, 6) is 0. The van der Waals surface area contributed by atoms with E-state index in [2.05, 4.69) is 32.3 Å². The minimum atomic E-state index is -0.568. The monoisotopic (exact) mass is 261 g/mol. The molecule has 2 rings (SSSR count). The Labute approximate surface area is 113 Å². The van der Waals surface area contributed by atoms with Crippen molar-refractivity contribution >= 4 is 18.0 Å². The predicted octanol–water partition coefficient (Wildman–Crippen LogP) is 2.37. The van der Waals surface area contributed by atoms with Crippen molar-refractivity contribution in [3.63, 3.8) is 0 Å². The van der Waals surface area contributed by atoms with Crippen molar-refractivity contribution in [2.75, 3.05) is 25.1 Å². The smallest absolute Gasteiger partial charge is 0.427 e. The number of ether oxygens (including phenoxy) is 1. The molecule has 0 saturated carbocycles. The van der Waals surface area contributed by atoms with Crippen LogP contribution in [0.15, 0.2) is 29.4 Å². The molecule has 0 atom stereocenters. The first-order valence-corrected chi connectivity index (χ1v) is 6.51. The van der Waals surface area contributed by atoms with E-state index in [1.807, 2.05) is 12.1 Å². The summed E-state index contributed by atoms with van der Waals surface area (Å²) >= 11 is 0. The van der Waals surface area contributed by atoms with Crippen LogP contribution in [0.5, 0.6) is 0 Å². The highest BCUT2D eigenvalue weighted by atomic mass is 16.5. The third-order valence-electron chi connectivity index (χ3n) is 3.17. The summed E-state index contributed by atoms with van der Waals surface area (Å²) in [6, 6.07) is 8.16. The van der Waals surface area contributed by atoms with Crippen molar-refractivity contribution in [1.29, 1.82) is 0 Å². The largest absolute Gasteiger partial charge is 0.452 e. The summed E-state index contributed by atoms with van der Waals surface area (Å²) < 4.78 is 4.42. The average molecular weight is 261 g/mol. The zero-order chi connectivity index (χ0) is 13.5. The SMILES string of the molecule is COC(=O)N/N=C/c1ccc(N2CCCCC2)cc1. The van der Waals surface area contributed by atoms with Crippen molar-refractivity contribution in [1.82, 2.24) is 5.43 Å². The molecule has 5 heteroatoms. The Balaban J connectivity index is 1.92. The van der Waals surface area contributed by atoms with Gasteiger partial charge >= 0.3 is 6.09 Å². The minimum Gasteiger partial charge on any atom is -0.452 e. The number of hydrogen-bond donors (Lipinski definition) is 1. The summed E-state index contributed by atoms with van der Waals surface area (Å²) in [5, 5.41) is 3.79. The van der Waals surface area contributed by atoms with Gasteiger partial charge < -0.3 is 9.64 Å². The van der Waals surface area contributed by atoms with E-state index in [1.54, 1.807) is 6.21 Å². The van der Waals surface area contributed by atoms with Crippen LogP contribution in [0, 0.1) is 0 Å². The second-order valence-electron chi connectivity index (χ2n) is 4.50. The summed E-state index contributed by atoms with van der Waals surface area (Å²) in [4.78, 5) is 13.2. The Morgan fingerprint density at radius 1 is 1.26 bits per heavy atom. The Morgan fingerprint density at radius 2 is 1.95 bits per heavy atom. The lowest BCUT2D eigenvalue weighted by Crippen LogP contribution is -2.29. The van der Waals surface area contributed by atoms with E-state index in [0.717, 1.165) is 18.7 Å². The molecule has 0 bridgehead atoms. The predicted molar refractivity (Wildman–Crippen MR) is 75.6 cm³/mol. The van der Waals surface area contributed by atoms with Gasteiger partial charge in [-0.05, 0) is 37.0 Å². The minimum absolute atomic E-state index is 0.568. The van der Waals surface area contributed by atoms with Crippen LogP contribution in [0.25, 0.3) is 0 Å². The molecular formula is C14H19N3O2. The van der Waals surface area contributed by atoms with Gasteiger partial charge in [-0.15, -0.1) is 0 Å². The van der Waals surface area contributed by atoms with E-state index >= 15 is 0 Å². The van der Waals surface area contributed by atoms with Crippen molar-refractivity contribution in [3.8, 4) is 0 Å². The molecule has 1 fully saturated rings. The Kier molecular flexibility index (Phi) is 4.78. The van der Waals surface area contributed by atoms with Gasteiger partial charge in [-0.25, -0.2) is 10.2 Å². The molecule has 1 amide bonds. The van der Waals surface area contributed by atoms with Gasteiger partial charge in [-0.3, -0.25) is 0 Å². The van der Waals surface area contributed by atoms with Crippen LogP contribution in [0.2, 0.25) is 0 Å². The molecule has 0 aliphatic carbocycles. The Bertz CT molecular complexity index is 437. The van der Waals surface area contributed by atoms with Gasteiger partial charge in [0.2, 0.25) is 0 Å². The average Bonchev–Trinajstić information content (AvgIpc) is 2.48. The quantitative estimate of drug-likeness (QED) is 0.671. The lowest BCUT2D eigenvalue weighted by Gasteiger charge is -2.28. The van der Waals surface area contributed by atoms with Crippen molar-refractivity contribution in [2.45, 2.75) is 19.3 Å². The molecule has 0 radical (unpaired) electrons. The first-order valence-electron chi connectivity index (χ1n) is 6.51. The summed E-state index contributed by atoms with van der Waals surface area (Å²) in [6.45, 7) is 2.27. The highest BCUT2D eigenvalue weighted by molar-refractivity contribution is 5.81. The number of rotatable bonds is 3. The topological polar surface area (TPSA) is 53.9 Å². The number of piperidine rings is 1. The molecule has 102 valence electrons. The zero-order valence-electron chi connectivity index (χ0n) is 11.1. The number of methoxy groups -OCH3 is 1. The van der Waals surface area contributed by atoms with Gasteiger partial charge in [-0.1, -0.05) is 12.1 Å². The molecule has 1 aliphatic rings. The van der Waals surface area contributed by atoms with Gasteiger partial charge in [0, 0.05) is 18.8 Å². The second kappa shape index (κ2) is 6.78. The van der Waals surface area contributed by atoms with Crippen molar-refractivity contribution < 1.29 is 9.53 Å². The lowest BCUT2D eigenvalue weighted by molar-refractivity contribution is 0.171. The van der Waals surface area contributed by atoms with Crippen molar-refractivity contribution in [3.05, 3.63) is 29.8 Å². The second-order valence-corrected chi connectivity index (χ2v) is 4.50. The standard InChI is InChI=1S/C14H19N3O2/c1-19-14(18)16-15-11-12-5-7-13(8-6-12)17-9-3-2-4-10-17/h5-8,11H,2-4,9-10H2,1H3,(H,16,18)/b15-11+. The van der Waals surface area contributed by atoms with E-state index in [1.165, 1.54) is 32.1 Å². The molecule has 0 unspecified atom stereocenters. The molecule has 1 aliphatic heterocycles. The van der Waals surface area contributed by atoms with Crippen LogP contribution in [-0.2, 0) is 4.74 Å². The van der Waals surface area contributed by atoms with Crippen LogP contribution >= 0.6 is 0 Å². The number of hydrazone groups is 1. The van der Waals surface area contributed by atoms with Gasteiger partial charge in [0.1, 0.15) is 0 Å². The molecule has 1 N–H and O–H groups in total. The van der Waals surface area contributed by atoms with Gasteiger partial charge in [0.05, 0.1) is 13.3 Å². The van der Waals surface area contributed by atoms with Crippen LogP contribution in [0.1, 0.15) is 24.8 Å². The summed E-state index contributed by atoms with van der Waals surface area (Å²) in [5.41, 5.74) is 4.45. The fourth-order valence-electron chi connectivity index (χ4n) is 2.13. The maximum absolute atomic E-state index is 10.8. The van der Waals surface area contributed by atoms with Crippen LogP contribution < -0.4 is 10.3 Å². The molecule has 1 saturated heterocycles. The van der Waals surface area contributed by atoms with Gasteiger partial charge in [0.25, 0.3) is 0 Å². The van der Waals surface area contributed by atoms with E-state index in [-0.39, 0.29) is 0 Å². The number of nitrogens with one attached hydrogen (secondary N) is 1. The number of anilines is 1. The zero-order valence-corrected chi connectivity index (χ0v) is 11.1. The summed E-state index contributed by atoms with van der Waals surface area (Å²) in [7, 11) is 1.30. The highest BCUT2D eigenvalue weighted by Crippen LogP contribution is 2.19. The fraction of sp³-hybridized carbons (Fsp3) is 0.429. The number of carbonyl (C=O) groups excluding carboxylic acids is 1. The maximum atomic E-state index is 10.8. The number of hydrogen-bond acceptors (Lipinski definition) is 4. The number of carbonyl (C=O) groups is 1. The first kappa shape index (κ1) is 13.4. The third-order valence-corrected chi connectivity index (χ3v) is 3.17. The first-order chi connectivity index (χ1) is 9.29. The maximum Gasteiger partial charge on any atom is 0.427 e. The van der Waals surface area contributed by atoms with Gasteiger partial charge in [-0.2, -0.15) is 5.10 Å². The highest BCUT2D eigenvalue weighted by Gasteiger charge is 2.10. The molecule has 5 nitrogen and oxygen atoms in total. The number of nitrogens with zero attached hydrogens (tertiary/aromatic N) is 2. The van der Waals surface area contributed by atoms with Crippen LogP contribution in [-0.4, -0.2) is 32.5 Å². The number of amides is 1. The Morgan fingerprint density at radius 3 is 2.58 bits per heavy atom. The number of benzene rings is 1. The molecule has 1 heterocycles. The van der Waals surface area contributed by atoms with Crippen LogP contribution in [0.4, 0.5) is 10.5 Å². The van der Waals surface area contributed by atoms with E-state index in [4.69, 9.17) is 0 Å². The van der Waals surface area contributed by atoms with E-state index in [9.17, 15) is 4.79 Å². The lowest BCUT2D eigenvalue weighted by atomic mass is 10.1. The van der Waals surface area contributed by atoms with Crippen LogP contribution in [0.3, 0.4) is 0 Å². The van der Waals surface area contributed by atoms with Crippen molar-refractivity contribution in [2.24, 2.45) is 5.10 Å². The Hall–Kier alpha value is -2.04. The normalized spacial score (nSPS) is 15.5. The van der Waals surface area contributed by atoms with E-state index < -0.39 is 6.09 Å². The summed E-state index contributed by atoms with van der Waals surface area (Å²) in [6.07, 6.45) is 4.90. The molecule has 1 aromatic carbocycles.